The summed E-state index contributed by atoms with van der Waals surface area (Å²) in [5.41, 5.74) is 2.45. The van der Waals surface area contributed by atoms with Crippen molar-refractivity contribution in [2.24, 2.45) is 7.05 Å². The SMILES string of the molecule is Cn1ccc2ccc(Oc3cnc(-c4nc(-c5ccccc5)no4)cn3)cc21. The first-order valence-corrected chi connectivity index (χ1v) is 8.71. The second-order valence-electron chi connectivity index (χ2n) is 6.28. The third kappa shape index (κ3) is 2.99. The molecule has 0 N–H and O–H groups in total. The molecular formula is C21H15N5O2. The summed E-state index contributed by atoms with van der Waals surface area (Å²) in [7, 11) is 1.99. The van der Waals surface area contributed by atoms with E-state index in [0.717, 1.165) is 16.5 Å². The third-order valence-electron chi connectivity index (χ3n) is 4.39. The van der Waals surface area contributed by atoms with Gasteiger partial charge in [0.05, 0.1) is 17.9 Å². The van der Waals surface area contributed by atoms with Crippen LogP contribution in [-0.2, 0) is 7.05 Å². The van der Waals surface area contributed by atoms with Gasteiger partial charge in [-0.05, 0) is 23.6 Å². The van der Waals surface area contributed by atoms with Gasteiger partial charge >= 0.3 is 0 Å². The molecule has 0 amide bonds. The van der Waals surface area contributed by atoms with E-state index in [1.807, 2.05) is 66.3 Å². The number of hydrogen-bond donors (Lipinski definition) is 0. The molecule has 2 aromatic carbocycles. The van der Waals surface area contributed by atoms with E-state index in [4.69, 9.17) is 9.26 Å². The number of fused-ring (bicyclic) bond motifs is 1. The van der Waals surface area contributed by atoms with Crippen molar-refractivity contribution in [3.8, 4) is 34.6 Å². The van der Waals surface area contributed by atoms with Gasteiger partial charge in [0.25, 0.3) is 5.89 Å². The maximum absolute atomic E-state index is 5.82. The predicted molar refractivity (Wildman–Crippen MR) is 104 cm³/mol. The monoisotopic (exact) mass is 369 g/mol. The van der Waals surface area contributed by atoms with E-state index in [9.17, 15) is 0 Å². The number of aryl methyl sites for hydroxylation is 1. The Balaban J connectivity index is 1.37. The van der Waals surface area contributed by atoms with Crippen LogP contribution in [0.4, 0.5) is 0 Å². The molecule has 0 unspecified atom stereocenters. The van der Waals surface area contributed by atoms with Gasteiger partial charge in [0.15, 0.2) is 0 Å². The van der Waals surface area contributed by atoms with Crippen molar-refractivity contribution in [3.05, 3.63) is 73.2 Å². The molecule has 136 valence electrons. The van der Waals surface area contributed by atoms with Gasteiger partial charge in [-0.2, -0.15) is 4.98 Å². The minimum atomic E-state index is 0.308. The summed E-state index contributed by atoms with van der Waals surface area (Å²) < 4.78 is 13.2. The van der Waals surface area contributed by atoms with Crippen LogP contribution < -0.4 is 4.74 Å². The molecule has 0 atom stereocenters. The molecule has 7 heteroatoms. The fourth-order valence-electron chi connectivity index (χ4n) is 2.94. The van der Waals surface area contributed by atoms with Crippen molar-refractivity contribution in [1.29, 1.82) is 0 Å². The normalized spacial score (nSPS) is 11.0. The Hall–Kier alpha value is -4.00. The maximum Gasteiger partial charge on any atom is 0.278 e. The highest BCUT2D eigenvalue weighted by atomic mass is 16.5. The maximum atomic E-state index is 5.82. The topological polar surface area (TPSA) is 78.9 Å². The number of aromatic nitrogens is 5. The number of rotatable bonds is 4. The van der Waals surface area contributed by atoms with Crippen LogP contribution in [0.3, 0.4) is 0 Å². The minimum Gasteiger partial charge on any atom is -0.437 e. The van der Waals surface area contributed by atoms with Gasteiger partial charge in [-0.25, -0.2) is 9.97 Å². The number of nitrogens with zero attached hydrogens (tertiary/aromatic N) is 5. The summed E-state index contributed by atoms with van der Waals surface area (Å²) in [4.78, 5) is 13.0. The van der Waals surface area contributed by atoms with Crippen molar-refractivity contribution in [2.45, 2.75) is 0 Å². The zero-order valence-corrected chi connectivity index (χ0v) is 15.0. The molecule has 5 aromatic rings. The van der Waals surface area contributed by atoms with E-state index in [1.165, 1.54) is 6.20 Å². The number of hydrogen-bond acceptors (Lipinski definition) is 6. The molecule has 7 nitrogen and oxygen atoms in total. The molecule has 0 bridgehead atoms. The van der Waals surface area contributed by atoms with Crippen molar-refractivity contribution in [1.82, 2.24) is 24.7 Å². The average Bonchev–Trinajstić information content (AvgIpc) is 3.37. The van der Waals surface area contributed by atoms with E-state index >= 15 is 0 Å². The lowest BCUT2D eigenvalue weighted by Gasteiger charge is -2.05. The molecule has 0 saturated carbocycles. The summed E-state index contributed by atoms with van der Waals surface area (Å²) in [6, 6.07) is 17.6. The lowest BCUT2D eigenvalue weighted by atomic mass is 10.2. The second kappa shape index (κ2) is 6.62. The van der Waals surface area contributed by atoms with Crippen molar-refractivity contribution in [2.75, 3.05) is 0 Å². The largest absolute Gasteiger partial charge is 0.437 e. The molecular weight excluding hydrogens is 354 g/mol. The lowest BCUT2D eigenvalue weighted by Crippen LogP contribution is -1.92. The van der Waals surface area contributed by atoms with Gasteiger partial charge in [-0.1, -0.05) is 35.5 Å². The fourth-order valence-corrected chi connectivity index (χ4v) is 2.94. The van der Waals surface area contributed by atoms with Gasteiger partial charge in [-0.3, -0.25) is 0 Å². The molecule has 0 aliphatic heterocycles. The van der Waals surface area contributed by atoms with Gasteiger partial charge < -0.3 is 13.8 Å². The first-order valence-electron chi connectivity index (χ1n) is 8.71. The van der Waals surface area contributed by atoms with Crippen LogP contribution in [0.1, 0.15) is 0 Å². The van der Waals surface area contributed by atoms with Crippen LogP contribution in [0, 0.1) is 0 Å². The van der Waals surface area contributed by atoms with Crippen molar-refractivity contribution >= 4 is 10.9 Å². The first kappa shape index (κ1) is 16.2. The third-order valence-corrected chi connectivity index (χ3v) is 4.39. The smallest absolute Gasteiger partial charge is 0.278 e. The minimum absolute atomic E-state index is 0.308. The van der Waals surface area contributed by atoms with Crippen LogP contribution in [0.15, 0.2) is 77.7 Å². The fraction of sp³-hybridized carbons (Fsp3) is 0.0476. The van der Waals surface area contributed by atoms with Crippen LogP contribution in [-0.4, -0.2) is 24.7 Å². The quantitative estimate of drug-likeness (QED) is 0.465. The van der Waals surface area contributed by atoms with Crippen LogP contribution in [0.5, 0.6) is 11.6 Å². The summed E-state index contributed by atoms with van der Waals surface area (Å²) in [5.74, 6) is 1.90. The van der Waals surface area contributed by atoms with Gasteiger partial charge in [0.2, 0.25) is 11.7 Å². The highest BCUT2D eigenvalue weighted by Gasteiger charge is 2.12. The van der Waals surface area contributed by atoms with E-state index in [2.05, 4.69) is 26.2 Å². The van der Waals surface area contributed by atoms with E-state index in [1.54, 1.807) is 6.20 Å². The van der Waals surface area contributed by atoms with Gasteiger partial charge in [-0.15, -0.1) is 0 Å². The van der Waals surface area contributed by atoms with Gasteiger partial charge in [0.1, 0.15) is 11.4 Å². The Morgan fingerprint density at radius 1 is 0.964 bits per heavy atom. The Labute approximate surface area is 160 Å². The number of ether oxygens (including phenoxy) is 1. The summed E-state index contributed by atoms with van der Waals surface area (Å²) >= 11 is 0. The van der Waals surface area contributed by atoms with E-state index in [0.29, 0.717) is 29.0 Å². The molecule has 0 radical (unpaired) electrons. The highest BCUT2D eigenvalue weighted by molar-refractivity contribution is 5.81. The molecule has 0 aliphatic carbocycles. The van der Waals surface area contributed by atoms with E-state index < -0.39 is 0 Å². The molecule has 0 aliphatic rings. The van der Waals surface area contributed by atoms with Crippen LogP contribution >= 0.6 is 0 Å². The molecule has 3 heterocycles. The zero-order valence-electron chi connectivity index (χ0n) is 15.0. The summed E-state index contributed by atoms with van der Waals surface area (Å²) in [5, 5.41) is 5.15. The molecule has 0 spiro atoms. The molecule has 0 fully saturated rings. The summed E-state index contributed by atoms with van der Waals surface area (Å²) in [6.45, 7) is 0. The Morgan fingerprint density at radius 2 is 1.86 bits per heavy atom. The molecule has 0 saturated heterocycles. The molecule has 28 heavy (non-hydrogen) atoms. The molecule has 5 rings (SSSR count). The second-order valence-corrected chi connectivity index (χ2v) is 6.28. The Bertz CT molecular complexity index is 1240. The Kier molecular flexibility index (Phi) is 3.83. The highest BCUT2D eigenvalue weighted by Crippen LogP contribution is 2.26. The Morgan fingerprint density at radius 3 is 2.68 bits per heavy atom. The van der Waals surface area contributed by atoms with Crippen LogP contribution in [0.25, 0.3) is 33.9 Å². The standard InChI is InChI=1S/C21H15N5O2/c1-26-10-9-14-7-8-16(11-18(14)26)27-19-13-22-17(12-23-19)21-24-20(25-28-21)15-5-3-2-4-6-15/h2-13H,1H3. The first-order chi connectivity index (χ1) is 13.8. The predicted octanol–water partition coefficient (Wildman–Crippen LogP) is 4.48. The van der Waals surface area contributed by atoms with Gasteiger partial charge in [0, 0.05) is 24.9 Å². The summed E-state index contributed by atoms with van der Waals surface area (Å²) in [6.07, 6.45) is 5.10. The van der Waals surface area contributed by atoms with E-state index in [-0.39, 0.29) is 0 Å². The molecule has 3 aromatic heterocycles. The number of benzene rings is 2. The zero-order chi connectivity index (χ0) is 18.9. The average molecular weight is 369 g/mol. The van der Waals surface area contributed by atoms with Crippen LogP contribution in [0.2, 0.25) is 0 Å². The lowest BCUT2D eigenvalue weighted by molar-refractivity contribution is 0.429. The van der Waals surface area contributed by atoms with Crippen molar-refractivity contribution in [3.63, 3.8) is 0 Å². The van der Waals surface area contributed by atoms with Crippen molar-refractivity contribution < 1.29 is 9.26 Å².